The molecule has 0 aliphatic heterocycles. The molecule has 62 valence electrons. The Morgan fingerprint density at radius 3 is 2.75 bits per heavy atom. The summed E-state index contributed by atoms with van der Waals surface area (Å²) in [6, 6.07) is 0. The fourth-order valence-corrected chi connectivity index (χ4v) is 0.594. The molecule has 0 amide bonds. The molecule has 0 aliphatic carbocycles. The molecule has 0 fully saturated rings. The molecular formula is C8H7FN2O. The summed E-state index contributed by atoms with van der Waals surface area (Å²) in [5.41, 5.74) is 0. The van der Waals surface area contributed by atoms with Crippen molar-refractivity contribution in [2.24, 2.45) is 0 Å². The molecular weight excluding hydrogens is 159 g/mol. The summed E-state index contributed by atoms with van der Waals surface area (Å²) in [5, 5.41) is 0. The smallest absolute Gasteiger partial charge is 0.163 e. The largest absolute Gasteiger partial charge is 0.455 e. The Labute approximate surface area is 69.2 Å². The van der Waals surface area contributed by atoms with Gasteiger partial charge in [-0.2, -0.15) is 0 Å². The van der Waals surface area contributed by atoms with Crippen molar-refractivity contribution in [3.8, 4) is 5.75 Å². The number of nitrogens with zero attached hydrogens (tertiary/aromatic N) is 2. The van der Waals surface area contributed by atoms with Gasteiger partial charge in [-0.25, -0.2) is 14.4 Å². The molecule has 12 heavy (non-hydrogen) atoms. The fraction of sp³-hybridized carbons (Fsp3) is 0. The zero-order chi connectivity index (χ0) is 8.81. The predicted molar refractivity (Wildman–Crippen MR) is 42.0 cm³/mol. The lowest BCUT2D eigenvalue weighted by atomic mass is 10.5. The van der Waals surface area contributed by atoms with E-state index >= 15 is 0 Å². The Bertz CT molecular complexity index is 284. The standard InChI is InChI=1S/C8H7FN2O/c1-7(2-3-9)12-8-4-10-6-11-5-8/h2-6H,1H2/b3-2+. The van der Waals surface area contributed by atoms with E-state index in [1.807, 2.05) is 0 Å². The van der Waals surface area contributed by atoms with E-state index < -0.39 is 0 Å². The monoisotopic (exact) mass is 166 g/mol. The van der Waals surface area contributed by atoms with Crippen LogP contribution in [0, 0.1) is 0 Å². The van der Waals surface area contributed by atoms with Crippen LogP contribution in [0.2, 0.25) is 0 Å². The minimum Gasteiger partial charge on any atom is -0.455 e. The fourth-order valence-electron chi connectivity index (χ4n) is 0.594. The highest BCUT2D eigenvalue weighted by Gasteiger charge is 1.93. The quantitative estimate of drug-likeness (QED) is 0.507. The SMILES string of the molecule is C=C(/C=C/F)Oc1cncnc1. The van der Waals surface area contributed by atoms with Crippen LogP contribution in [0.15, 0.2) is 43.5 Å². The van der Waals surface area contributed by atoms with Gasteiger partial charge in [0, 0.05) is 6.08 Å². The Balaban J connectivity index is 2.59. The van der Waals surface area contributed by atoms with E-state index in [0.29, 0.717) is 12.1 Å². The van der Waals surface area contributed by atoms with Crippen molar-refractivity contribution in [3.05, 3.63) is 43.5 Å². The lowest BCUT2D eigenvalue weighted by Gasteiger charge is -2.01. The maximum atomic E-state index is 11.6. The van der Waals surface area contributed by atoms with E-state index in [0.717, 1.165) is 6.08 Å². The summed E-state index contributed by atoms with van der Waals surface area (Å²) in [6.45, 7) is 3.44. The Morgan fingerprint density at radius 2 is 2.17 bits per heavy atom. The van der Waals surface area contributed by atoms with Crippen molar-refractivity contribution in [3.63, 3.8) is 0 Å². The highest BCUT2D eigenvalue weighted by Crippen LogP contribution is 2.08. The lowest BCUT2D eigenvalue weighted by Crippen LogP contribution is -1.90. The van der Waals surface area contributed by atoms with Crippen molar-refractivity contribution < 1.29 is 9.13 Å². The maximum Gasteiger partial charge on any atom is 0.163 e. The third kappa shape index (κ3) is 2.49. The molecule has 0 N–H and O–H groups in total. The van der Waals surface area contributed by atoms with Gasteiger partial charge < -0.3 is 4.74 Å². The van der Waals surface area contributed by atoms with Crippen LogP contribution in [0.5, 0.6) is 5.75 Å². The van der Waals surface area contributed by atoms with Crippen LogP contribution in [0.4, 0.5) is 4.39 Å². The number of hydrogen-bond donors (Lipinski definition) is 0. The van der Waals surface area contributed by atoms with Crippen LogP contribution < -0.4 is 4.74 Å². The van der Waals surface area contributed by atoms with Gasteiger partial charge in [0.05, 0.1) is 18.7 Å². The number of hydrogen-bond acceptors (Lipinski definition) is 3. The van der Waals surface area contributed by atoms with Gasteiger partial charge in [0.25, 0.3) is 0 Å². The zero-order valence-corrected chi connectivity index (χ0v) is 6.27. The van der Waals surface area contributed by atoms with Gasteiger partial charge in [0.15, 0.2) is 5.75 Å². The summed E-state index contributed by atoms with van der Waals surface area (Å²) < 4.78 is 16.6. The number of halogens is 1. The van der Waals surface area contributed by atoms with Crippen LogP contribution in [-0.2, 0) is 0 Å². The third-order valence-corrected chi connectivity index (χ3v) is 1.03. The highest BCUT2D eigenvalue weighted by atomic mass is 19.1. The first-order valence-electron chi connectivity index (χ1n) is 3.21. The average Bonchev–Trinajstić information content (AvgIpc) is 2.06. The average molecular weight is 166 g/mol. The van der Waals surface area contributed by atoms with Crippen LogP contribution in [0.3, 0.4) is 0 Å². The van der Waals surface area contributed by atoms with Gasteiger partial charge in [-0.3, -0.25) is 0 Å². The van der Waals surface area contributed by atoms with Gasteiger partial charge >= 0.3 is 0 Å². The molecule has 0 atom stereocenters. The number of allylic oxidation sites excluding steroid dienone is 1. The van der Waals surface area contributed by atoms with E-state index in [2.05, 4.69) is 16.5 Å². The first-order valence-corrected chi connectivity index (χ1v) is 3.21. The van der Waals surface area contributed by atoms with Crippen molar-refractivity contribution in [2.45, 2.75) is 0 Å². The Morgan fingerprint density at radius 1 is 1.50 bits per heavy atom. The molecule has 1 aromatic rings. The molecule has 1 heterocycles. The number of rotatable bonds is 3. The minimum absolute atomic E-state index is 0.201. The van der Waals surface area contributed by atoms with Crippen molar-refractivity contribution in [1.29, 1.82) is 0 Å². The topological polar surface area (TPSA) is 35.0 Å². The van der Waals surface area contributed by atoms with Gasteiger partial charge in [-0.15, -0.1) is 0 Å². The summed E-state index contributed by atoms with van der Waals surface area (Å²) in [6.07, 6.45) is 5.76. The van der Waals surface area contributed by atoms with Gasteiger partial charge in [0.1, 0.15) is 12.1 Å². The van der Waals surface area contributed by atoms with Crippen LogP contribution >= 0.6 is 0 Å². The van der Waals surface area contributed by atoms with Crippen molar-refractivity contribution in [1.82, 2.24) is 9.97 Å². The van der Waals surface area contributed by atoms with Crippen LogP contribution in [0.1, 0.15) is 0 Å². The molecule has 0 aliphatic rings. The molecule has 0 saturated heterocycles. The first kappa shape index (κ1) is 8.39. The zero-order valence-electron chi connectivity index (χ0n) is 6.27. The van der Waals surface area contributed by atoms with E-state index in [1.165, 1.54) is 18.7 Å². The summed E-state index contributed by atoms with van der Waals surface area (Å²) in [7, 11) is 0. The van der Waals surface area contributed by atoms with Gasteiger partial charge in [-0.1, -0.05) is 6.58 Å². The molecule has 0 aromatic carbocycles. The lowest BCUT2D eigenvalue weighted by molar-refractivity contribution is 0.440. The normalized spacial score (nSPS) is 10.1. The van der Waals surface area contributed by atoms with Gasteiger partial charge in [-0.05, 0) is 0 Å². The summed E-state index contributed by atoms with van der Waals surface area (Å²) in [4.78, 5) is 7.41. The Kier molecular flexibility index (Phi) is 2.95. The van der Waals surface area contributed by atoms with Crippen LogP contribution in [0.25, 0.3) is 0 Å². The van der Waals surface area contributed by atoms with Crippen molar-refractivity contribution >= 4 is 0 Å². The predicted octanol–water partition coefficient (Wildman–Crippen LogP) is 1.85. The van der Waals surface area contributed by atoms with E-state index in [9.17, 15) is 4.39 Å². The number of ether oxygens (including phenoxy) is 1. The van der Waals surface area contributed by atoms with Gasteiger partial charge in [0.2, 0.25) is 0 Å². The second-order valence-corrected chi connectivity index (χ2v) is 1.94. The molecule has 0 spiro atoms. The van der Waals surface area contributed by atoms with E-state index in [1.54, 1.807) is 0 Å². The maximum absolute atomic E-state index is 11.6. The first-order chi connectivity index (χ1) is 5.83. The highest BCUT2D eigenvalue weighted by molar-refractivity contribution is 5.17. The second-order valence-electron chi connectivity index (χ2n) is 1.94. The molecule has 4 heteroatoms. The third-order valence-electron chi connectivity index (χ3n) is 1.03. The minimum atomic E-state index is 0.201. The van der Waals surface area contributed by atoms with E-state index in [-0.39, 0.29) is 5.76 Å². The van der Waals surface area contributed by atoms with Crippen molar-refractivity contribution in [2.75, 3.05) is 0 Å². The molecule has 0 unspecified atom stereocenters. The summed E-state index contributed by atoms with van der Waals surface area (Å²) >= 11 is 0. The van der Waals surface area contributed by atoms with E-state index in [4.69, 9.17) is 4.74 Å². The number of aromatic nitrogens is 2. The molecule has 0 radical (unpaired) electrons. The molecule has 0 saturated carbocycles. The Hall–Kier alpha value is -1.71. The second kappa shape index (κ2) is 4.23. The molecule has 3 nitrogen and oxygen atoms in total. The molecule has 0 bridgehead atoms. The van der Waals surface area contributed by atoms with Crippen LogP contribution in [-0.4, -0.2) is 9.97 Å². The molecule has 1 rings (SSSR count). The summed E-state index contributed by atoms with van der Waals surface area (Å²) in [5.74, 6) is 0.632. The molecule has 1 aromatic heterocycles.